The highest BCUT2D eigenvalue weighted by atomic mass is 16.6. The number of para-hydroxylation sites is 2. The van der Waals surface area contributed by atoms with E-state index in [9.17, 15) is 14.9 Å². The highest BCUT2D eigenvalue weighted by Crippen LogP contribution is 2.30. The monoisotopic (exact) mass is 365 g/mol. The van der Waals surface area contributed by atoms with Crippen LogP contribution in [0.3, 0.4) is 0 Å². The Balaban J connectivity index is 1.73. The van der Waals surface area contributed by atoms with Gasteiger partial charge in [-0.3, -0.25) is 14.9 Å². The van der Waals surface area contributed by atoms with Gasteiger partial charge in [0.1, 0.15) is 17.3 Å². The second-order valence-corrected chi connectivity index (χ2v) is 5.38. The van der Waals surface area contributed by atoms with E-state index in [0.717, 1.165) is 0 Å². The van der Waals surface area contributed by atoms with Gasteiger partial charge in [-0.25, -0.2) is 5.43 Å². The third-order valence-corrected chi connectivity index (χ3v) is 3.70. The van der Waals surface area contributed by atoms with Crippen LogP contribution in [-0.2, 0) is 0 Å². The quantitative estimate of drug-likeness (QED) is 0.408. The normalized spacial score (nSPS) is 10.7. The van der Waals surface area contributed by atoms with E-state index in [1.165, 1.54) is 19.4 Å². The van der Waals surface area contributed by atoms with Crippen LogP contribution in [0.4, 0.5) is 5.69 Å². The van der Waals surface area contributed by atoms with Gasteiger partial charge in [0.05, 0.1) is 29.4 Å². The zero-order chi connectivity index (χ0) is 19.2. The number of nitro benzene ring substituents is 1. The fraction of sp³-hybridized carbons (Fsp3) is 0.0526. The number of nitrogens with one attached hydrogen (secondary N) is 1. The topological polar surface area (TPSA) is 107 Å². The summed E-state index contributed by atoms with van der Waals surface area (Å²) in [5.41, 5.74) is 3.03. The Morgan fingerprint density at radius 3 is 2.67 bits per heavy atom. The Bertz CT molecular complexity index is 1010. The number of amides is 1. The van der Waals surface area contributed by atoms with Crippen LogP contribution in [0.1, 0.15) is 16.1 Å². The van der Waals surface area contributed by atoms with Crippen molar-refractivity contribution < 1.29 is 18.9 Å². The van der Waals surface area contributed by atoms with Crippen molar-refractivity contribution in [1.29, 1.82) is 0 Å². The average Bonchev–Trinajstić information content (AvgIpc) is 3.16. The van der Waals surface area contributed by atoms with Gasteiger partial charge in [-0.05, 0) is 30.3 Å². The minimum absolute atomic E-state index is 0.0557. The molecule has 2 aromatic carbocycles. The SMILES string of the molecule is COc1ccccc1C(=O)N/N=C/c1ccc(-c2ccccc2[N+](=O)[O-])o1. The molecule has 0 saturated heterocycles. The summed E-state index contributed by atoms with van der Waals surface area (Å²) in [4.78, 5) is 22.8. The molecule has 1 amide bonds. The summed E-state index contributed by atoms with van der Waals surface area (Å²) >= 11 is 0. The molecule has 8 heteroatoms. The van der Waals surface area contributed by atoms with Gasteiger partial charge >= 0.3 is 0 Å². The minimum Gasteiger partial charge on any atom is -0.496 e. The van der Waals surface area contributed by atoms with Crippen molar-refractivity contribution in [2.45, 2.75) is 0 Å². The molecule has 0 aliphatic heterocycles. The summed E-state index contributed by atoms with van der Waals surface area (Å²) in [7, 11) is 1.47. The third kappa shape index (κ3) is 4.01. The lowest BCUT2D eigenvalue weighted by Gasteiger charge is -2.05. The van der Waals surface area contributed by atoms with Crippen LogP contribution in [0.2, 0.25) is 0 Å². The Morgan fingerprint density at radius 1 is 1.15 bits per heavy atom. The first kappa shape index (κ1) is 17.9. The predicted octanol–water partition coefficient (Wildman–Crippen LogP) is 3.63. The van der Waals surface area contributed by atoms with E-state index in [-0.39, 0.29) is 5.69 Å². The maximum atomic E-state index is 12.2. The lowest BCUT2D eigenvalue weighted by molar-refractivity contribution is -0.384. The van der Waals surface area contributed by atoms with Gasteiger partial charge in [0, 0.05) is 6.07 Å². The van der Waals surface area contributed by atoms with E-state index in [1.54, 1.807) is 54.6 Å². The number of benzene rings is 2. The zero-order valence-electron chi connectivity index (χ0n) is 14.3. The number of carbonyl (C=O) groups is 1. The van der Waals surface area contributed by atoms with Crippen LogP contribution in [0.5, 0.6) is 5.75 Å². The molecule has 0 unspecified atom stereocenters. The van der Waals surface area contributed by atoms with Crippen molar-refractivity contribution in [1.82, 2.24) is 5.43 Å². The van der Waals surface area contributed by atoms with Gasteiger partial charge in [-0.1, -0.05) is 24.3 Å². The van der Waals surface area contributed by atoms with Gasteiger partial charge in [-0.15, -0.1) is 0 Å². The molecule has 3 rings (SSSR count). The second kappa shape index (κ2) is 7.96. The van der Waals surface area contributed by atoms with Crippen molar-refractivity contribution in [3.8, 4) is 17.1 Å². The smallest absolute Gasteiger partial charge is 0.280 e. The largest absolute Gasteiger partial charge is 0.496 e. The van der Waals surface area contributed by atoms with Crippen molar-refractivity contribution in [3.63, 3.8) is 0 Å². The van der Waals surface area contributed by atoms with E-state index in [4.69, 9.17) is 9.15 Å². The van der Waals surface area contributed by atoms with E-state index in [0.29, 0.717) is 28.4 Å². The maximum Gasteiger partial charge on any atom is 0.280 e. The fourth-order valence-corrected chi connectivity index (χ4v) is 2.46. The number of hydrogen-bond donors (Lipinski definition) is 1. The molecule has 0 aliphatic rings. The van der Waals surface area contributed by atoms with Gasteiger partial charge in [0.2, 0.25) is 0 Å². The van der Waals surface area contributed by atoms with E-state index >= 15 is 0 Å². The number of rotatable bonds is 6. The molecular weight excluding hydrogens is 350 g/mol. The van der Waals surface area contributed by atoms with Crippen LogP contribution in [0.25, 0.3) is 11.3 Å². The molecule has 1 N–H and O–H groups in total. The summed E-state index contributed by atoms with van der Waals surface area (Å²) in [6, 6.07) is 16.2. The summed E-state index contributed by atoms with van der Waals surface area (Å²) in [6.45, 7) is 0. The van der Waals surface area contributed by atoms with Crippen molar-refractivity contribution in [2.75, 3.05) is 7.11 Å². The maximum absolute atomic E-state index is 12.2. The lowest BCUT2D eigenvalue weighted by Crippen LogP contribution is -2.18. The molecule has 0 bridgehead atoms. The van der Waals surface area contributed by atoms with Crippen LogP contribution in [0.15, 0.2) is 70.2 Å². The van der Waals surface area contributed by atoms with Crippen LogP contribution in [-0.4, -0.2) is 24.2 Å². The fourth-order valence-electron chi connectivity index (χ4n) is 2.46. The molecule has 0 fully saturated rings. The molecule has 3 aromatic rings. The molecule has 0 spiro atoms. The highest BCUT2D eigenvalue weighted by molar-refractivity contribution is 5.97. The number of hydrazone groups is 1. The summed E-state index contributed by atoms with van der Waals surface area (Å²) in [5, 5.41) is 15.0. The number of nitro groups is 1. The summed E-state index contributed by atoms with van der Waals surface area (Å²) in [5.74, 6) is 0.666. The number of hydrogen-bond acceptors (Lipinski definition) is 6. The lowest BCUT2D eigenvalue weighted by atomic mass is 10.1. The third-order valence-electron chi connectivity index (χ3n) is 3.70. The Labute approximate surface area is 154 Å². The summed E-state index contributed by atoms with van der Waals surface area (Å²) < 4.78 is 10.7. The zero-order valence-corrected chi connectivity index (χ0v) is 14.3. The average molecular weight is 365 g/mol. The first-order chi connectivity index (χ1) is 13.1. The molecule has 136 valence electrons. The number of methoxy groups -OCH3 is 1. The highest BCUT2D eigenvalue weighted by Gasteiger charge is 2.17. The molecular formula is C19H15N3O5. The molecule has 1 aromatic heterocycles. The minimum atomic E-state index is -0.473. The first-order valence-electron chi connectivity index (χ1n) is 7.90. The number of carbonyl (C=O) groups excluding carboxylic acids is 1. The molecule has 0 radical (unpaired) electrons. The van der Waals surface area contributed by atoms with Crippen molar-refractivity contribution in [3.05, 3.63) is 82.1 Å². The molecule has 0 aliphatic carbocycles. The molecule has 1 heterocycles. The van der Waals surface area contributed by atoms with Gasteiger partial charge < -0.3 is 9.15 Å². The van der Waals surface area contributed by atoms with Crippen LogP contribution < -0.4 is 10.2 Å². The Hall–Kier alpha value is -3.94. The Morgan fingerprint density at radius 2 is 1.89 bits per heavy atom. The van der Waals surface area contributed by atoms with Crippen molar-refractivity contribution >= 4 is 17.8 Å². The van der Waals surface area contributed by atoms with Crippen LogP contribution >= 0.6 is 0 Å². The molecule has 0 saturated carbocycles. The molecule has 0 atom stereocenters. The van der Waals surface area contributed by atoms with Crippen LogP contribution in [0, 0.1) is 10.1 Å². The van der Waals surface area contributed by atoms with Crippen molar-refractivity contribution in [2.24, 2.45) is 5.10 Å². The second-order valence-electron chi connectivity index (χ2n) is 5.38. The van der Waals surface area contributed by atoms with E-state index in [2.05, 4.69) is 10.5 Å². The van der Waals surface area contributed by atoms with Gasteiger partial charge in [-0.2, -0.15) is 5.10 Å². The number of ether oxygens (including phenoxy) is 1. The number of nitrogens with zero attached hydrogens (tertiary/aromatic N) is 2. The van der Waals surface area contributed by atoms with E-state index in [1.807, 2.05) is 0 Å². The standard InChI is InChI=1S/C19H15N3O5/c1-26-17-9-5-3-7-15(17)19(23)21-20-12-13-10-11-18(27-13)14-6-2-4-8-16(14)22(24)25/h2-12H,1H3,(H,21,23)/b20-12+. The first-order valence-corrected chi connectivity index (χ1v) is 7.90. The predicted molar refractivity (Wildman–Crippen MR) is 98.9 cm³/mol. The van der Waals surface area contributed by atoms with E-state index < -0.39 is 10.8 Å². The number of furan rings is 1. The molecule has 27 heavy (non-hydrogen) atoms. The summed E-state index contributed by atoms with van der Waals surface area (Å²) in [6.07, 6.45) is 1.31. The molecule has 8 nitrogen and oxygen atoms in total. The van der Waals surface area contributed by atoms with Gasteiger partial charge in [0.15, 0.2) is 0 Å². The Kier molecular flexibility index (Phi) is 5.27. The van der Waals surface area contributed by atoms with Gasteiger partial charge in [0.25, 0.3) is 11.6 Å².